The number of carbonyl (C=O) groups is 3. The molecule has 3 aliphatic rings. The number of ether oxygens (including phenoxy) is 1. The summed E-state index contributed by atoms with van der Waals surface area (Å²) >= 11 is 0. The second-order valence-electron chi connectivity index (χ2n) is 12.0. The second kappa shape index (κ2) is 8.59. The number of carbonyl (C=O) groups excluding carboxylic acids is 3. The van der Waals surface area contributed by atoms with E-state index in [0.29, 0.717) is 12.1 Å². The Morgan fingerprint density at radius 3 is 2.37 bits per heavy atom. The first-order chi connectivity index (χ1) is 16.3. The molecule has 3 saturated heterocycles. The molecule has 4 rings (SSSR count). The normalized spacial score (nSPS) is 34.8. The fourth-order valence-corrected chi connectivity index (χ4v) is 6.53. The SMILES string of the molecule is CC(C)[C@H](CO)N1C(=O)[C@@H]2[C@@H](C(=O)Nc3ccccc3)[C@]3(C)OC2(CC3C)C1C(=O)NC(C)(C)C. The number of para-hydroxylation sites is 1. The molecule has 3 heterocycles. The Kier molecular flexibility index (Phi) is 6.29. The van der Waals surface area contributed by atoms with Crippen LogP contribution in [-0.4, -0.2) is 63.2 Å². The van der Waals surface area contributed by atoms with Gasteiger partial charge >= 0.3 is 0 Å². The topological polar surface area (TPSA) is 108 Å². The van der Waals surface area contributed by atoms with Gasteiger partial charge in [-0.1, -0.05) is 39.0 Å². The smallest absolute Gasteiger partial charge is 0.246 e. The molecule has 192 valence electrons. The minimum atomic E-state index is -1.14. The van der Waals surface area contributed by atoms with E-state index in [9.17, 15) is 19.5 Å². The highest BCUT2D eigenvalue weighted by Gasteiger charge is 2.80. The van der Waals surface area contributed by atoms with E-state index in [0.717, 1.165) is 0 Å². The summed E-state index contributed by atoms with van der Waals surface area (Å²) in [5, 5.41) is 16.3. The van der Waals surface area contributed by atoms with Gasteiger partial charge in [0.2, 0.25) is 17.7 Å². The lowest BCUT2D eigenvalue weighted by molar-refractivity contribution is -0.151. The van der Waals surface area contributed by atoms with Gasteiger partial charge in [0, 0.05) is 11.2 Å². The van der Waals surface area contributed by atoms with Gasteiger partial charge in [0.15, 0.2) is 0 Å². The Hall–Kier alpha value is -2.45. The van der Waals surface area contributed by atoms with E-state index in [1.807, 2.05) is 66.7 Å². The molecule has 3 amide bonds. The van der Waals surface area contributed by atoms with Crippen molar-refractivity contribution in [3.63, 3.8) is 0 Å². The van der Waals surface area contributed by atoms with Crippen molar-refractivity contribution in [1.29, 1.82) is 0 Å². The van der Waals surface area contributed by atoms with Gasteiger partial charge < -0.3 is 25.4 Å². The molecular weight excluding hydrogens is 446 g/mol. The van der Waals surface area contributed by atoms with Crippen molar-refractivity contribution in [2.24, 2.45) is 23.7 Å². The summed E-state index contributed by atoms with van der Waals surface area (Å²) in [5.41, 5.74) is -1.91. The summed E-state index contributed by atoms with van der Waals surface area (Å²) in [6, 6.07) is 7.64. The van der Waals surface area contributed by atoms with Crippen molar-refractivity contribution in [1.82, 2.24) is 10.2 Å². The lowest BCUT2D eigenvalue weighted by atomic mass is 9.62. The number of amides is 3. The average molecular weight is 486 g/mol. The minimum absolute atomic E-state index is 0.0467. The van der Waals surface area contributed by atoms with Crippen molar-refractivity contribution in [3.8, 4) is 0 Å². The fourth-order valence-electron chi connectivity index (χ4n) is 6.53. The predicted octanol–water partition coefficient (Wildman–Crippen LogP) is 2.57. The molecule has 1 aromatic carbocycles. The first-order valence-corrected chi connectivity index (χ1v) is 12.6. The van der Waals surface area contributed by atoms with Gasteiger partial charge in [0.05, 0.1) is 30.1 Å². The quantitative estimate of drug-likeness (QED) is 0.574. The highest BCUT2D eigenvalue weighted by Crippen LogP contribution is 2.65. The van der Waals surface area contributed by atoms with Crippen molar-refractivity contribution >= 4 is 23.4 Å². The molecular formula is C27H39N3O5. The summed E-state index contributed by atoms with van der Waals surface area (Å²) in [4.78, 5) is 43.2. The highest BCUT2D eigenvalue weighted by molar-refractivity contribution is 6.02. The van der Waals surface area contributed by atoms with E-state index in [-0.39, 0.29) is 36.2 Å². The predicted molar refractivity (Wildman–Crippen MR) is 132 cm³/mol. The van der Waals surface area contributed by atoms with Crippen LogP contribution >= 0.6 is 0 Å². The maximum Gasteiger partial charge on any atom is 0.246 e. The third-order valence-electron chi connectivity index (χ3n) is 8.14. The number of rotatable bonds is 6. The maximum atomic E-state index is 14.1. The zero-order valence-corrected chi connectivity index (χ0v) is 21.8. The number of likely N-dealkylation sites (tertiary alicyclic amines) is 1. The van der Waals surface area contributed by atoms with Gasteiger partial charge in [-0.3, -0.25) is 14.4 Å². The van der Waals surface area contributed by atoms with Crippen molar-refractivity contribution in [3.05, 3.63) is 30.3 Å². The number of hydrogen-bond donors (Lipinski definition) is 3. The zero-order valence-electron chi connectivity index (χ0n) is 21.8. The van der Waals surface area contributed by atoms with Crippen LogP contribution in [0.25, 0.3) is 0 Å². The van der Waals surface area contributed by atoms with Crippen LogP contribution < -0.4 is 10.6 Å². The standard InChI is InChI=1S/C27H39N3O5/c1-15(2)18(14-31)30-21(23(33)29-25(4,5)6)27-13-16(3)26(7,35-27)19(20(27)24(30)34)22(32)28-17-11-9-8-10-12-17/h8-12,15-16,18-21,31H,13-14H2,1-7H3,(H,28,32)(H,29,33)/t16?,18-,19-,20-,21?,26+,27?/m0/s1. The molecule has 3 aliphatic heterocycles. The molecule has 8 nitrogen and oxygen atoms in total. The Labute approximate surface area is 207 Å². The summed E-state index contributed by atoms with van der Waals surface area (Å²) in [7, 11) is 0. The zero-order chi connectivity index (χ0) is 25.9. The lowest BCUT2D eigenvalue weighted by Crippen LogP contribution is -2.61. The number of aliphatic hydroxyl groups is 1. The van der Waals surface area contributed by atoms with Crippen LogP contribution in [0.5, 0.6) is 0 Å². The number of anilines is 1. The monoisotopic (exact) mass is 485 g/mol. The van der Waals surface area contributed by atoms with E-state index in [2.05, 4.69) is 10.6 Å². The van der Waals surface area contributed by atoms with E-state index in [1.165, 1.54) is 4.90 Å². The van der Waals surface area contributed by atoms with Crippen LogP contribution in [0.2, 0.25) is 0 Å². The molecule has 1 spiro atoms. The van der Waals surface area contributed by atoms with E-state index >= 15 is 0 Å². The Morgan fingerprint density at radius 1 is 1.20 bits per heavy atom. The minimum Gasteiger partial charge on any atom is -0.394 e. The molecule has 0 radical (unpaired) electrons. The summed E-state index contributed by atoms with van der Waals surface area (Å²) in [6.07, 6.45) is 0.490. The Balaban J connectivity index is 1.81. The van der Waals surface area contributed by atoms with Crippen LogP contribution in [-0.2, 0) is 19.1 Å². The third-order valence-corrected chi connectivity index (χ3v) is 8.14. The van der Waals surface area contributed by atoms with E-state index in [4.69, 9.17) is 4.74 Å². The van der Waals surface area contributed by atoms with Gasteiger partial charge in [-0.15, -0.1) is 0 Å². The van der Waals surface area contributed by atoms with Crippen LogP contribution in [0.4, 0.5) is 5.69 Å². The molecule has 3 unspecified atom stereocenters. The molecule has 3 N–H and O–H groups in total. The first-order valence-electron chi connectivity index (χ1n) is 12.6. The van der Waals surface area contributed by atoms with Gasteiger partial charge in [-0.25, -0.2) is 0 Å². The molecule has 35 heavy (non-hydrogen) atoms. The first kappa shape index (κ1) is 25.6. The van der Waals surface area contributed by atoms with Crippen LogP contribution in [0.15, 0.2) is 30.3 Å². The summed E-state index contributed by atoms with van der Waals surface area (Å²) in [6.45, 7) is 13.1. The number of nitrogens with zero attached hydrogens (tertiary/aromatic N) is 1. The number of hydrogen-bond acceptors (Lipinski definition) is 5. The molecule has 2 bridgehead atoms. The molecule has 0 aliphatic carbocycles. The van der Waals surface area contributed by atoms with Crippen molar-refractivity contribution in [2.75, 3.05) is 11.9 Å². The number of nitrogens with one attached hydrogen (secondary N) is 2. The van der Waals surface area contributed by atoms with Gasteiger partial charge in [-0.05, 0) is 58.1 Å². The Morgan fingerprint density at radius 2 is 1.83 bits per heavy atom. The molecule has 7 atom stereocenters. The highest BCUT2D eigenvalue weighted by atomic mass is 16.5. The van der Waals surface area contributed by atoms with E-state index in [1.54, 1.807) is 12.1 Å². The lowest BCUT2D eigenvalue weighted by Gasteiger charge is -2.39. The number of benzene rings is 1. The molecule has 8 heteroatoms. The van der Waals surface area contributed by atoms with Crippen molar-refractivity contribution in [2.45, 2.75) is 83.7 Å². The summed E-state index contributed by atoms with van der Waals surface area (Å²) in [5.74, 6) is -2.60. The molecule has 3 fully saturated rings. The van der Waals surface area contributed by atoms with Crippen LogP contribution in [0.3, 0.4) is 0 Å². The summed E-state index contributed by atoms with van der Waals surface area (Å²) < 4.78 is 6.71. The van der Waals surface area contributed by atoms with Gasteiger partial charge in [-0.2, -0.15) is 0 Å². The van der Waals surface area contributed by atoms with Crippen LogP contribution in [0, 0.1) is 23.7 Å². The van der Waals surface area contributed by atoms with E-state index < -0.39 is 40.7 Å². The second-order valence-corrected chi connectivity index (χ2v) is 12.0. The third kappa shape index (κ3) is 3.95. The fraction of sp³-hybridized carbons (Fsp3) is 0.667. The Bertz CT molecular complexity index is 1010. The average Bonchev–Trinajstić information content (AvgIpc) is 3.25. The maximum absolute atomic E-state index is 14.1. The largest absolute Gasteiger partial charge is 0.394 e. The number of aliphatic hydroxyl groups excluding tert-OH is 1. The van der Waals surface area contributed by atoms with Gasteiger partial charge in [0.1, 0.15) is 11.6 Å². The van der Waals surface area contributed by atoms with Gasteiger partial charge in [0.25, 0.3) is 0 Å². The molecule has 0 saturated carbocycles. The number of fused-ring (bicyclic) bond motifs is 1. The van der Waals surface area contributed by atoms with Crippen molar-refractivity contribution < 1.29 is 24.2 Å². The molecule has 0 aromatic heterocycles. The molecule has 1 aromatic rings. The van der Waals surface area contributed by atoms with Crippen LogP contribution in [0.1, 0.15) is 54.9 Å².